The minimum atomic E-state index is -0.842. The maximum atomic E-state index is 12.3. The number of carbonyl (C=O) groups is 2. The van der Waals surface area contributed by atoms with E-state index in [9.17, 15) is 14.7 Å². The number of rotatable bonds is 6. The number of ether oxygens (including phenoxy) is 1. The number of aliphatic hydroxyl groups is 1. The molecule has 2 aliphatic rings. The standard InChI is InChI=1S/C22H25N3O4/c26-20-14-29-13-19(25(20)12-15-6-7-15)21(27)16-8-10-18(11-9-16)24-22(28)23-17-4-2-1-3-5-17/h1-5,8-11,15,19,21,27H,6-7,12-14H2,(H2,23,24,28)/t19-,21-/m1/s1. The second-order valence-corrected chi connectivity index (χ2v) is 7.58. The van der Waals surface area contributed by atoms with Gasteiger partial charge in [0.05, 0.1) is 12.6 Å². The van der Waals surface area contributed by atoms with Gasteiger partial charge in [-0.3, -0.25) is 4.79 Å². The van der Waals surface area contributed by atoms with E-state index in [1.54, 1.807) is 41.3 Å². The highest BCUT2D eigenvalue weighted by Crippen LogP contribution is 2.33. The Kier molecular flexibility index (Phi) is 5.78. The average Bonchev–Trinajstić information content (AvgIpc) is 3.54. The zero-order valence-corrected chi connectivity index (χ0v) is 16.1. The molecular weight excluding hydrogens is 370 g/mol. The van der Waals surface area contributed by atoms with E-state index >= 15 is 0 Å². The first-order valence-electron chi connectivity index (χ1n) is 9.88. The molecule has 0 unspecified atom stereocenters. The Morgan fingerprint density at radius 2 is 1.72 bits per heavy atom. The van der Waals surface area contributed by atoms with Crippen LogP contribution in [0.15, 0.2) is 54.6 Å². The number of carbonyl (C=O) groups excluding carboxylic acids is 2. The first kappa shape index (κ1) is 19.4. The summed E-state index contributed by atoms with van der Waals surface area (Å²) in [5.41, 5.74) is 2.00. The number of para-hydroxylation sites is 1. The number of amides is 3. The van der Waals surface area contributed by atoms with Crippen molar-refractivity contribution >= 4 is 23.3 Å². The van der Waals surface area contributed by atoms with Gasteiger partial charge >= 0.3 is 6.03 Å². The van der Waals surface area contributed by atoms with Gasteiger partial charge in [-0.25, -0.2) is 4.79 Å². The van der Waals surface area contributed by atoms with Crippen molar-refractivity contribution in [2.24, 2.45) is 5.92 Å². The van der Waals surface area contributed by atoms with Crippen LogP contribution in [0.25, 0.3) is 0 Å². The van der Waals surface area contributed by atoms with Crippen LogP contribution in [0.5, 0.6) is 0 Å². The van der Waals surface area contributed by atoms with Crippen LogP contribution in [0.3, 0.4) is 0 Å². The van der Waals surface area contributed by atoms with E-state index < -0.39 is 12.1 Å². The van der Waals surface area contributed by atoms with Crippen LogP contribution in [0, 0.1) is 5.92 Å². The molecule has 2 aromatic carbocycles. The molecule has 0 spiro atoms. The van der Waals surface area contributed by atoms with Gasteiger partial charge < -0.3 is 25.4 Å². The fraction of sp³-hybridized carbons (Fsp3) is 0.364. The number of morpholine rings is 1. The molecule has 1 heterocycles. The summed E-state index contributed by atoms with van der Waals surface area (Å²) in [6.45, 7) is 1.08. The molecule has 3 amide bonds. The normalized spacial score (nSPS) is 20.2. The predicted molar refractivity (Wildman–Crippen MR) is 110 cm³/mol. The molecule has 1 aliphatic heterocycles. The second-order valence-electron chi connectivity index (χ2n) is 7.58. The summed E-state index contributed by atoms with van der Waals surface area (Å²) in [7, 11) is 0. The van der Waals surface area contributed by atoms with E-state index in [1.165, 1.54) is 0 Å². The summed E-state index contributed by atoms with van der Waals surface area (Å²) in [4.78, 5) is 26.1. The highest BCUT2D eigenvalue weighted by Gasteiger charge is 2.37. The van der Waals surface area contributed by atoms with Gasteiger partial charge in [0.15, 0.2) is 0 Å². The van der Waals surface area contributed by atoms with E-state index in [2.05, 4.69) is 10.6 Å². The van der Waals surface area contributed by atoms with Crippen LogP contribution >= 0.6 is 0 Å². The molecule has 0 bridgehead atoms. The molecule has 1 saturated carbocycles. The maximum absolute atomic E-state index is 12.3. The van der Waals surface area contributed by atoms with Crippen molar-refractivity contribution in [2.45, 2.75) is 25.0 Å². The van der Waals surface area contributed by atoms with Gasteiger partial charge in [0.25, 0.3) is 0 Å². The Hall–Kier alpha value is -2.90. The van der Waals surface area contributed by atoms with Crippen molar-refractivity contribution in [3.05, 3.63) is 60.2 Å². The topological polar surface area (TPSA) is 90.9 Å². The molecule has 0 radical (unpaired) electrons. The van der Waals surface area contributed by atoms with Crippen molar-refractivity contribution in [3.8, 4) is 0 Å². The van der Waals surface area contributed by atoms with Gasteiger partial charge in [0.2, 0.25) is 5.91 Å². The molecule has 2 atom stereocenters. The summed E-state index contributed by atoms with van der Waals surface area (Å²) in [5, 5.41) is 16.4. The van der Waals surface area contributed by atoms with Gasteiger partial charge in [-0.05, 0) is 48.6 Å². The summed E-state index contributed by atoms with van der Waals surface area (Å²) in [6.07, 6.45) is 1.43. The van der Waals surface area contributed by atoms with Crippen LogP contribution in [0.2, 0.25) is 0 Å². The minimum Gasteiger partial charge on any atom is -0.386 e. The fourth-order valence-corrected chi connectivity index (χ4v) is 3.50. The summed E-state index contributed by atoms with van der Waals surface area (Å²) < 4.78 is 5.39. The number of urea groups is 1. The lowest BCUT2D eigenvalue weighted by atomic mass is 9.99. The highest BCUT2D eigenvalue weighted by atomic mass is 16.5. The lowest BCUT2D eigenvalue weighted by Crippen LogP contribution is -2.52. The smallest absolute Gasteiger partial charge is 0.323 e. The maximum Gasteiger partial charge on any atom is 0.323 e. The summed E-state index contributed by atoms with van der Waals surface area (Å²) >= 11 is 0. The van der Waals surface area contributed by atoms with Crippen molar-refractivity contribution in [1.29, 1.82) is 0 Å². The van der Waals surface area contributed by atoms with Gasteiger partial charge in [0, 0.05) is 17.9 Å². The van der Waals surface area contributed by atoms with Crippen LogP contribution in [-0.2, 0) is 9.53 Å². The van der Waals surface area contributed by atoms with Crippen LogP contribution in [0.4, 0.5) is 16.2 Å². The van der Waals surface area contributed by atoms with Gasteiger partial charge in [-0.15, -0.1) is 0 Å². The molecule has 7 heteroatoms. The molecule has 2 aromatic rings. The van der Waals surface area contributed by atoms with Gasteiger partial charge in [-0.1, -0.05) is 30.3 Å². The first-order valence-corrected chi connectivity index (χ1v) is 9.88. The largest absolute Gasteiger partial charge is 0.386 e. The third-order valence-corrected chi connectivity index (χ3v) is 5.29. The van der Waals surface area contributed by atoms with E-state index in [0.717, 1.165) is 12.8 Å². The van der Waals surface area contributed by atoms with Gasteiger partial charge in [-0.2, -0.15) is 0 Å². The second kappa shape index (κ2) is 8.63. The van der Waals surface area contributed by atoms with E-state index in [-0.39, 0.29) is 18.5 Å². The Morgan fingerprint density at radius 1 is 1.07 bits per heavy atom. The zero-order chi connectivity index (χ0) is 20.2. The van der Waals surface area contributed by atoms with E-state index in [4.69, 9.17) is 4.74 Å². The Bertz CT molecular complexity index is 852. The van der Waals surface area contributed by atoms with Crippen LogP contribution < -0.4 is 10.6 Å². The van der Waals surface area contributed by atoms with Crippen molar-refractivity contribution in [2.75, 3.05) is 30.4 Å². The quantitative estimate of drug-likeness (QED) is 0.701. The van der Waals surface area contributed by atoms with Crippen LogP contribution in [0.1, 0.15) is 24.5 Å². The summed E-state index contributed by atoms with van der Waals surface area (Å²) in [6, 6.07) is 15.4. The van der Waals surface area contributed by atoms with E-state index in [0.29, 0.717) is 36.0 Å². The van der Waals surface area contributed by atoms with Gasteiger partial charge in [0.1, 0.15) is 12.7 Å². The number of benzene rings is 2. The third kappa shape index (κ3) is 4.93. The number of hydrogen-bond acceptors (Lipinski definition) is 4. The highest BCUT2D eigenvalue weighted by molar-refractivity contribution is 5.99. The Morgan fingerprint density at radius 3 is 2.38 bits per heavy atom. The average molecular weight is 395 g/mol. The van der Waals surface area contributed by atoms with Crippen molar-refractivity contribution < 1.29 is 19.4 Å². The number of anilines is 2. The molecule has 7 nitrogen and oxygen atoms in total. The zero-order valence-electron chi connectivity index (χ0n) is 16.1. The SMILES string of the molecule is O=C(Nc1ccccc1)Nc1ccc([C@@H](O)[C@H]2COCC(=O)N2CC2CC2)cc1. The number of aliphatic hydroxyl groups excluding tert-OH is 1. The molecule has 4 rings (SSSR count). The molecule has 2 fully saturated rings. The number of nitrogens with zero attached hydrogens (tertiary/aromatic N) is 1. The molecule has 29 heavy (non-hydrogen) atoms. The van der Waals surface area contributed by atoms with E-state index in [1.807, 2.05) is 18.2 Å². The lowest BCUT2D eigenvalue weighted by Gasteiger charge is -2.38. The predicted octanol–water partition coefficient (Wildman–Crippen LogP) is 3.00. The molecule has 3 N–H and O–H groups in total. The third-order valence-electron chi connectivity index (χ3n) is 5.29. The molecular formula is C22H25N3O4. The summed E-state index contributed by atoms with van der Waals surface area (Å²) in [5.74, 6) is 0.476. The van der Waals surface area contributed by atoms with Crippen LogP contribution in [-0.4, -0.2) is 47.7 Å². The minimum absolute atomic E-state index is 0.0666. The fourth-order valence-electron chi connectivity index (χ4n) is 3.50. The monoisotopic (exact) mass is 395 g/mol. The lowest BCUT2D eigenvalue weighted by molar-refractivity contribution is -0.154. The Labute approximate surface area is 169 Å². The molecule has 0 aromatic heterocycles. The Balaban J connectivity index is 1.38. The molecule has 1 saturated heterocycles. The van der Waals surface area contributed by atoms with Crippen molar-refractivity contribution in [1.82, 2.24) is 4.90 Å². The van der Waals surface area contributed by atoms with Crippen molar-refractivity contribution in [3.63, 3.8) is 0 Å². The molecule has 1 aliphatic carbocycles. The number of hydrogen-bond donors (Lipinski definition) is 3. The molecule has 152 valence electrons. The first-order chi connectivity index (χ1) is 14.1. The number of nitrogens with one attached hydrogen (secondary N) is 2.